The van der Waals surface area contributed by atoms with Crippen LogP contribution < -0.4 is 0 Å². The predicted molar refractivity (Wildman–Crippen MR) is 269 cm³/mol. The first kappa shape index (κ1) is 58.8. The van der Waals surface area contributed by atoms with E-state index in [4.69, 9.17) is 14.2 Å². The zero-order valence-electron chi connectivity index (χ0n) is 40.3. The highest BCUT2D eigenvalue weighted by Gasteiger charge is 2.19. The fraction of sp³-hybridized carbons (Fsp3) is 0.596. The summed E-state index contributed by atoms with van der Waals surface area (Å²) >= 11 is 0. The van der Waals surface area contributed by atoms with Crippen LogP contribution in [0.5, 0.6) is 0 Å². The van der Waals surface area contributed by atoms with Crippen molar-refractivity contribution in [2.75, 3.05) is 13.2 Å². The average Bonchev–Trinajstić information content (AvgIpc) is 3.28. The van der Waals surface area contributed by atoms with Gasteiger partial charge in [0.15, 0.2) is 6.10 Å². The van der Waals surface area contributed by atoms with Crippen LogP contribution in [0.2, 0.25) is 0 Å². The normalized spacial score (nSPS) is 13.1. The number of allylic oxidation sites excluding steroid dienone is 20. The second-order valence-electron chi connectivity index (χ2n) is 16.0. The minimum absolute atomic E-state index is 0.121. The summed E-state index contributed by atoms with van der Waals surface area (Å²) in [5.74, 6) is -1.03. The molecule has 0 aliphatic rings. The van der Waals surface area contributed by atoms with Crippen molar-refractivity contribution in [1.29, 1.82) is 0 Å². The molecule has 0 heterocycles. The maximum absolute atomic E-state index is 12.8. The molecule has 0 bridgehead atoms. The van der Waals surface area contributed by atoms with Crippen LogP contribution in [0.3, 0.4) is 0 Å². The molecule has 63 heavy (non-hydrogen) atoms. The molecule has 0 aliphatic heterocycles. The van der Waals surface area contributed by atoms with E-state index in [0.29, 0.717) is 19.3 Å². The third kappa shape index (κ3) is 48.7. The molecule has 6 nitrogen and oxygen atoms in total. The van der Waals surface area contributed by atoms with Crippen molar-refractivity contribution >= 4 is 17.9 Å². The Balaban J connectivity index is 4.56. The van der Waals surface area contributed by atoms with Crippen LogP contribution in [-0.4, -0.2) is 37.2 Å². The highest BCUT2D eigenvalue weighted by atomic mass is 16.6. The zero-order valence-corrected chi connectivity index (χ0v) is 40.3. The molecule has 1 atom stereocenters. The van der Waals surface area contributed by atoms with Gasteiger partial charge in [-0.1, -0.05) is 200 Å². The Labute approximate surface area is 386 Å². The average molecular weight is 871 g/mol. The van der Waals surface area contributed by atoms with E-state index in [1.165, 1.54) is 64.2 Å². The highest BCUT2D eigenvalue weighted by Crippen LogP contribution is 2.13. The van der Waals surface area contributed by atoms with Gasteiger partial charge in [0.2, 0.25) is 0 Å². The number of unbranched alkanes of at least 4 members (excludes halogenated alkanes) is 15. The summed E-state index contributed by atoms with van der Waals surface area (Å²) in [5, 5.41) is 0. The van der Waals surface area contributed by atoms with Crippen molar-refractivity contribution in [2.45, 2.75) is 207 Å². The van der Waals surface area contributed by atoms with Gasteiger partial charge in [-0.3, -0.25) is 14.4 Å². The van der Waals surface area contributed by atoms with Gasteiger partial charge >= 0.3 is 17.9 Å². The Morgan fingerprint density at radius 3 is 1.25 bits per heavy atom. The molecular weight excluding hydrogens is 781 g/mol. The fourth-order valence-corrected chi connectivity index (χ4v) is 6.30. The van der Waals surface area contributed by atoms with Gasteiger partial charge < -0.3 is 14.2 Å². The van der Waals surface area contributed by atoms with Crippen molar-refractivity contribution in [3.63, 3.8) is 0 Å². The molecular formula is C57H90O6. The van der Waals surface area contributed by atoms with Crippen LogP contribution in [0.15, 0.2) is 122 Å². The summed E-state index contributed by atoms with van der Waals surface area (Å²) in [7, 11) is 0. The van der Waals surface area contributed by atoms with Gasteiger partial charge in [-0.25, -0.2) is 0 Å². The second kappa shape index (κ2) is 50.5. The van der Waals surface area contributed by atoms with E-state index in [-0.39, 0.29) is 37.5 Å². The van der Waals surface area contributed by atoms with Crippen LogP contribution in [0, 0.1) is 0 Å². The van der Waals surface area contributed by atoms with E-state index < -0.39 is 6.10 Å². The molecule has 354 valence electrons. The predicted octanol–water partition coefficient (Wildman–Crippen LogP) is 16.5. The van der Waals surface area contributed by atoms with Gasteiger partial charge in [-0.15, -0.1) is 0 Å². The first-order valence-corrected chi connectivity index (χ1v) is 25.1. The highest BCUT2D eigenvalue weighted by molar-refractivity contribution is 5.71. The van der Waals surface area contributed by atoms with Crippen molar-refractivity contribution < 1.29 is 28.6 Å². The zero-order chi connectivity index (χ0) is 45.8. The Kier molecular flexibility index (Phi) is 47.1. The third-order valence-corrected chi connectivity index (χ3v) is 10.0. The molecule has 0 rings (SSSR count). The van der Waals surface area contributed by atoms with E-state index in [1.54, 1.807) is 0 Å². The first-order chi connectivity index (χ1) is 31.0. The second-order valence-corrected chi connectivity index (χ2v) is 16.0. The number of esters is 3. The summed E-state index contributed by atoms with van der Waals surface area (Å²) in [4.78, 5) is 37.9. The number of rotatable bonds is 43. The first-order valence-electron chi connectivity index (χ1n) is 25.1. The van der Waals surface area contributed by atoms with Crippen molar-refractivity contribution in [3.05, 3.63) is 122 Å². The molecule has 0 N–H and O–H groups in total. The van der Waals surface area contributed by atoms with E-state index in [9.17, 15) is 14.4 Å². The molecule has 6 heteroatoms. The van der Waals surface area contributed by atoms with Crippen LogP contribution in [0.25, 0.3) is 0 Å². The quantitative estimate of drug-likeness (QED) is 0.0200. The SMILES string of the molecule is CC\C=C/C=C\C=C/C=C\CCCCCC(=O)OCC(COC(=O)CCC/C=C\C/C=C\C/C=C\C/C=C\C/C=C\CC)OC(=O)CCCCCCCCC/C=C\CCCCCC. The summed E-state index contributed by atoms with van der Waals surface area (Å²) < 4.78 is 16.7. The third-order valence-electron chi connectivity index (χ3n) is 10.0. The lowest BCUT2D eigenvalue weighted by Gasteiger charge is -2.18. The molecule has 0 amide bonds. The maximum Gasteiger partial charge on any atom is 0.306 e. The fourth-order valence-electron chi connectivity index (χ4n) is 6.30. The number of hydrogen-bond donors (Lipinski definition) is 0. The lowest BCUT2D eigenvalue weighted by atomic mass is 10.1. The summed E-state index contributed by atoms with van der Waals surface area (Å²) in [6, 6.07) is 0. The van der Waals surface area contributed by atoms with Gasteiger partial charge in [-0.2, -0.15) is 0 Å². The topological polar surface area (TPSA) is 78.9 Å². The summed E-state index contributed by atoms with van der Waals surface area (Å²) in [5.41, 5.74) is 0. The standard InChI is InChI=1S/C57H90O6/c1-4-7-10-13-16-19-22-25-27-28-30-32-35-38-41-44-47-50-56(59)62-53-54(52-61-55(58)49-46-43-40-37-34-31-24-21-18-15-12-9-6-3)63-57(60)51-48-45-42-39-36-33-29-26-23-20-17-14-11-8-5-2/h7,9-10,12,15-16,18-21,23-25,27,30-32,34,38,41,54H,4-6,8,11,13-14,17,22,26,28-29,33,35-37,39-40,42-53H2,1-3H3/b10-7-,12-9-,18-15-,19-16-,23-20-,24-21-,27-25-,32-30-,34-31-,41-38-. The van der Waals surface area contributed by atoms with E-state index >= 15 is 0 Å². The smallest absolute Gasteiger partial charge is 0.306 e. The van der Waals surface area contributed by atoms with E-state index in [2.05, 4.69) is 106 Å². The van der Waals surface area contributed by atoms with Gasteiger partial charge in [0.05, 0.1) is 0 Å². The van der Waals surface area contributed by atoms with Crippen LogP contribution in [-0.2, 0) is 28.6 Å². The number of carbonyl (C=O) groups excluding carboxylic acids is 3. The van der Waals surface area contributed by atoms with Gasteiger partial charge in [0.25, 0.3) is 0 Å². The maximum atomic E-state index is 12.8. The molecule has 0 aromatic carbocycles. The Bertz CT molecular complexity index is 1370. The number of hydrogen-bond acceptors (Lipinski definition) is 6. The molecule has 0 radical (unpaired) electrons. The number of ether oxygens (including phenoxy) is 3. The Hall–Kier alpha value is -4.19. The number of carbonyl (C=O) groups is 3. The molecule has 0 aromatic rings. The van der Waals surface area contributed by atoms with Crippen molar-refractivity contribution in [1.82, 2.24) is 0 Å². The largest absolute Gasteiger partial charge is 0.462 e. The minimum Gasteiger partial charge on any atom is -0.462 e. The lowest BCUT2D eigenvalue weighted by Crippen LogP contribution is -2.30. The van der Waals surface area contributed by atoms with Crippen LogP contribution in [0.1, 0.15) is 201 Å². The van der Waals surface area contributed by atoms with Crippen LogP contribution >= 0.6 is 0 Å². The molecule has 0 aliphatic carbocycles. The monoisotopic (exact) mass is 871 g/mol. The molecule has 0 fully saturated rings. The Morgan fingerprint density at radius 2 is 0.714 bits per heavy atom. The van der Waals surface area contributed by atoms with E-state index in [1.807, 2.05) is 36.5 Å². The molecule has 0 saturated carbocycles. The molecule has 0 saturated heterocycles. The van der Waals surface area contributed by atoms with E-state index in [0.717, 1.165) is 89.9 Å². The van der Waals surface area contributed by atoms with Crippen molar-refractivity contribution in [2.24, 2.45) is 0 Å². The summed E-state index contributed by atoms with van der Waals surface area (Å²) in [6.45, 7) is 6.26. The van der Waals surface area contributed by atoms with Gasteiger partial charge in [0.1, 0.15) is 13.2 Å². The summed E-state index contributed by atoms with van der Waals surface area (Å²) in [6.07, 6.45) is 69.0. The minimum atomic E-state index is -0.822. The Morgan fingerprint density at radius 1 is 0.349 bits per heavy atom. The molecule has 0 aromatic heterocycles. The van der Waals surface area contributed by atoms with Crippen LogP contribution in [0.4, 0.5) is 0 Å². The molecule has 1 unspecified atom stereocenters. The lowest BCUT2D eigenvalue weighted by molar-refractivity contribution is -0.167. The molecule has 0 spiro atoms. The van der Waals surface area contributed by atoms with Gasteiger partial charge in [0, 0.05) is 19.3 Å². The van der Waals surface area contributed by atoms with Crippen molar-refractivity contribution in [3.8, 4) is 0 Å². The van der Waals surface area contributed by atoms with Gasteiger partial charge in [-0.05, 0) is 103 Å².